The molecule has 1 amide bonds. The summed E-state index contributed by atoms with van der Waals surface area (Å²) in [6, 6.07) is 0. The molecule has 1 aliphatic rings. The van der Waals surface area contributed by atoms with Crippen LogP contribution in [0.15, 0.2) is 0 Å². The summed E-state index contributed by atoms with van der Waals surface area (Å²) in [5.74, 6) is 5.86. The van der Waals surface area contributed by atoms with Gasteiger partial charge in [-0.05, 0) is 25.9 Å². The second-order valence-corrected chi connectivity index (χ2v) is 3.63. The first-order valence-electron chi connectivity index (χ1n) is 4.29. The molecular formula is C8H17N3O. The Morgan fingerprint density at radius 3 is 2.83 bits per heavy atom. The van der Waals surface area contributed by atoms with E-state index in [0.29, 0.717) is 12.3 Å². The molecule has 1 aliphatic heterocycles. The Bertz CT molecular complexity index is 170. The van der Waals surface area contributed by atoms with Crippen LogP contribution in [0.1, 0.15) is 12.8 Å². The zero-order valence-electron chi connectivity index (χ0n) is 7.79. The molecule has 1 saturated heterocycles. The SMILES string of the molecule is CN1CCC(CC(=O)N(C)N)C1. The molecule has 0 saturated carbocycles. The van der Waals surface area contributed by atoms with Crippen molar-refractivity contribution in [1.29, 1.82) is 0 Å². The molecule has 2 N–H and O–H groups in total. The van der Waals surface area contributed by atoms with E-state index < -0.39 is 0 Å². The van der Waals surface area contributed by atoms with Gasteiger partial charge in [0, 0.05) is 20.0 Å². The second kappa shape index (κ2) is 3.87. The number of carbonyl (C=O) groups excluding carboxylic acids is 1. The lowest BCUT2D eigenvalue weighted by molar-refractivity contribution is -0.131. The predicted molar refractivity (Wildman–Crippen MR) is 47.2 cm³/mol. The molecular weight excluding hydrogens is 154 g/mol. The van der Waals surface area contributed by atoms with Gasteiger partial charge in [0.2, 0.25) is 5.91 Å². The van der Waals surface area contributed by atoms with Gasteiger partial charge in [0.05, 0.1) is 0 Å². The molecule has 1 heterocycles. The lowest BCUT2D eigenvalue weighted by Gasteiger charge is -2.13. The molecule has 70 valence electrons. The number of amides is 1. The summed E-state index contributed by atoms with van der Waals surface area (Å²) in [5, 5.41) is 1.18. The van der Waals surface area contributed by atoms with E-state index in [1.165, 1.54) is 5.01 Å². The number of rotatable bonds is 2. The van der Waals surface area contributed by atoms with E-state index in [4.69, 9.17) is 5.84 Å². The van der Waals surface area contributed by atoms with Crippen LogP contribution in [0.3, 0.4) is 0 Å². The highest BCUT2D eigenvalue weighted by molar-refractivity contribution is 5.75. The maximum absolute atomic E-state index is 11.2. The zero-order valence-corrected chi connectivity index (χ0v) is 7.79. The van der Waals surface area contributed by atoms with Crippen LogP contribution in [0.25, 0.3) is 0 Å². The highest BCUT2D eigenvalue weighted by Gasteiger charge is 2.22. The highest BCUT2D eigenvalue weighted by Crippen LogP contribution is 2.17. The Kier molecular flexibility index (Phi) is 3.05. The fourth-order valence-electron chi connectivity index (χ4n) is 1.58. The van der Waals surface area contributed by atoms with E-state index in [-0.39, 0.29) is 5.91 Å². The molecule has 1 rings (SSSR count). The monoisotopic (exact) mass is 171 g/mol. The van der Waals surface area contributed by atoms with Crippen LogP contribution in [-0.2, 0) is 4.79 Å². The Balaban J connectivity index is 2.28. The smallest absolute Gasteiger partial charge is 0.236 e. The summed E-state index contributed by atoms with van der Waals surface area (Å²) in [6.07, 6.45) is 1.72. The number of hydrogen-bond acceptors (Lipinski definition) is 3. The van der Waals surface area contributed by atoms with Crippen LogP contribution in [0.2, 0.25) is 0 Å². The van der Waals surface area contributed by atoms with E-state index in [1.807, 2.05) is 0 Å². The van der Waals surface area contributed by atoms with E-state index in [2.05, 4.69) is 11.9 Å². The second-order valence-electron chi connectivity index (χ2n) is 3.63. The summed E-state index contributed by atoms with van der Waals surface area (Å²) < 4.78 is 0. The standard InChI is InChI=1S/C8H17N3O/c1-10-4-3-7(6-10)5-8(12)11(2)9/h7H,3-6,9H2,1-2H3. The van der Waals surface area contributed by atoms with Crippen molar-refractivity contribution >= 4 is 5.91 Å². The molecule has 0 aromatic carbocycles. The van der Waals surface area contributed by atoms with E-state index in [0.717, 1.165) is 19.5 Å². The number of carbonyl (C=O) groups is 1. The topological polar surface area (TPSA) is 49.6 Å². The van der Waals surface area contributed by atoms with Crippen LogP contribution in [0, 0.1) is 5.92 Å². The van der Waals surface area contributed by atoms with E-state index >= 15 is 0 Å². The Morgan fingerprint density at radius 1 is 1.75 bits per heavy atom. The van der Waals surface area contributed by atoms with Gasteiger partial charge >= 0.3 is 0 Å². The van der Waals surface area contributed by atoms with Crippen LogP contribution in [0.4, 0.5) is 0 Å². The van der Waals surface area contributed by atoms with Crippen molar-refractivity contribution in [3.63, 3.8) is 0 Å². The van der Waals surface area contributed by atoms with Crippen molar-refractivity contribution in [1.82, 2.24) is 9.91 Å². The Hall–Kier alpha value is -0.610. The van der Waals surface area contributed by atoms with Gasteiger partial charge in [-0.2, -0.15) is 0 Å². The Morgan fingerprint density at radius 2 is 2.42 bits per heavy atom. The van der Waals surface area contributed by atoms with Gasteiger partial charge < -0.3 is 4.90 Å². The third-order valence-electron chi connectivity index (χ3n) is 2.35. The quantitative estimate of drug-likeness (QED) is 0.351. The van der Waals surface area contributed by atoms with Gasteiger partial charge in [0.25, 0.3) is 0 Å². The number of nitrogens with zero attached hydrogens (tertiary/aromatic N) is 2. The average Bonchev–Trinajstić information content (AvgIpc) is 2.35. The molecule has 12 heavy (non-hydrogen) atoms. The predicted octanol–water partition coefficient (Wildman–Crippen LogP) is -0.340. The first-order chi connectivity index (χ1) is 5.59. The normalized spacial score (nSPS) is 24.4. The molecule has 0 bridgehead atoms. The molecule has 1 atom stereocenters. The van der Waals surface area contributed by atoms with Gasteiger partial charge in [-0.3, -0.25) is 9.80 Å². The molecule has 4 heteroatoms. The largest absolute Gasteiger partial charge is 0.306 e. The summed E-state index contributed by atoms with van der Waals surface area (Å²) in [6.45, 7) is 2.13. The van der Waals surface area contributed by atoms with Crippen molar-refractivity contribution in [2.75, 3.05) is 27.2 Å². The van der Waals surface area contributed by atoms with Crippen LogP contribution in [0.5, 0.6) is 0 Å². The third-order valence-corrected chi connectivity index (χ3v) is 2.35. The lowest BCUT2D eigenvalue weighted by atomic mass is 10.0. The van der Waals surface area contributed by atoms with Gasteiger partial charge in [-0.25, -0.2) is 5.84 Å². The molecule has 0 aromatic heterocycles. The maximum atomic E-state index is 11.2. The van der Waals surface area contributed by atoms with Crippen LogP contribution < -0.4 is 5.84 Å². The number of hydrogen-bond donors (Lipinski definition) is 1. The summed E-state index contributed by atoms with van der Waals surface area (Å²) in [5.41, 5.74) is 0. The van der Waals surface area contributed by atoms with Gasteiger partial charge in [-0.1, -0.05) is 0 Å². The van der Waals surface area contributed by atoms with Crippen molar-refractivity contribution in [3.8, 4) is 0 Å². The molecule has 0 radical (unpaired) electrons. The van der Waals surface area contributed by atoms with Crippen molar-refractivity contribution in [2.24, 2.45) is 11.8 Å². The number of likely N-dealkylation sites (tertiary alicyclic amines) is 1. The lowest BCUT2D eigenvalue weighted by Crippen LogP contribution is -2.34. The minimum atomic E-state index is 0.0373. The molecule has 0 spiro atoms. The van der Waals surface area contributed by atoms with Gasteiger partial charge in [-0.15, -0.1) is 0 Å². The molecule has 4 nitrogen and oxygen atoms in total. The first-order valence-corrected chi connectivity index (χ1v) is 4.29. The number of nitrogens with two attached hydrogens (primary N) is 1. The minimum Gasteiger partial charge on any atom is -0.306 e. The summed E-state index contributed by atoms with van der Waals surface area (Å²) in [7, 11) is 3.68. The molecule has 1 unspecified atom stereocenters. The third kappa shape index (κ3) is 2.46. The van der Waals surface area contributed by atoms with Crippen LogP contribution in [-0.4, -0.2) is 43.0 Å². The minimum absolute atomic E-state index is 0.0373. The van der Waals surface area contributed by atoms with E-state index in [9.17, 15) is 4.79 Å². The van der Waals surface area contributed by atoms with E-state index in [1.54, 1.807) is 7.05 Å². The Labute approximate surface area is 73.3 Å². The maximum Gasteiger partial charge on any atom is 0.236 e. The molecule has 1 fully saturated rings. The number of hydrazine groups is 1. The summed E-state index contributed by atoms with van der Waals surface area (Å²) in [4.78, 5) is 13.4. The zero-order chi connectivity index (χ0) is 9.14. The highest BCUT2D eigenvalue weighted by atomic mass is 16.2. The fourth-order valence-corrected chi connectivity index (χ4v) is 1.58. The van der Waals surface area contributed by atoms with Gasteiger partial charge in [0.1, 0.15) is 0 Å². The average molecular weight is 171 g/mol. The van der Waals surface area contributed by atoms with Crippen molar-refractivity contribution in [3.05, 3.63) is 0 Å². The van der Waals surface area contributed by atoms with Crippen molar-refractivity contribution in [2.45, 2.75) is 12.8 Å². The fraction of sp³-hybridized carbons (Fsp3) is 0.875. The summed E-state index contributed by atoms with van der Waals surface area (Å²) >= 11 is 0. The first kappa shape index (κ1) is 9.48. The molecule has 0 aromatic rings. The van der Waals surface area contributed by atoms with Crippen molar-refractivity contribution < 1.29 is 4.79 Å². The van der Waals surface area contributed by atoms with Crippen LogP contribution >= 0.6 is 0 Å². The van der Waals surface area contributed by atoms with Gasteiger partial charge in [0.15, 0.2) is 0 Å². The molecule has 0 aliphatic carbocycles.